The van der Waals surface area contributed by atoms with Crippen LogP contribution in [0.4, 0.5) is 0 Å². The number of H-pyrrole nitrogens is 1. The van der Waals surface area contributed by atoms with Crippen LogP contribution in [0.5, 0.6) is 17.2 Å². The van der Waals surface area contributed by atoms with Crippen LogP contribution in [0.3, 0.4) is 0 Å². The van der Waals surface area contributed by atoms with Gasteiger partial charge in [0.2, 0.25) is 0 Å². The first kappa shape index (κ1) is 30.8. The molecule has 9 rings (SSSR count). The third kappa shape index (κ3) is 4.36. The third-order valence-corrected chi connectivity index (χ3v) is 11.3. The van der Waals surface area contributed by atoms with Crippen molar-refractivity contribution < 1.29 is 18.6 Å². The number of nitrogens with one attached hydrogen (secondary N) is 1. The number of oxazole rings is 1. The Bertz CT molecular complexity index is 2360. The minimum atomic E-state index is -0.963. The number of fused-ring (bicyclic) bond motifs is 11. The second kappa shape index (κ2) is 10.4. The van der Waals surface area contributed by atoms with Crippen molar-refractivity contribution in [2.45, 2.75) is 58.0 Å². The summed E-state index contributed by atoms with van der Waals surface area (Å²) in [6.45, 7) is 9.69. The molecule has 1 N–H and O–H groups in total. The van der Waals surface area contributed by atoms with Gasteiger partial charge in [0.05, 0.1) is 19.7 Å². The van der Waals surface area contributed by atoms with Crippen molar-refractivity contribution in [2.24, 2.45) is 10.8 Å². The topological polar surface area (TPSA) is 73.7 Å². The molecule has 1 aromatic heterocycles. The minimum absolute atomic E-state index is 0.102. The molecule has 2 aliphatic carbocycles. The summed E-state index contributed by atoms with van der Waals surface area (Å²) in [5.74, 6) is 1.87. The van der Waals surface area contributed by atoms with Crippen molar-refractivity contribution in [2.75, 3.05) is 14.2 Å². The number of hydrogen-bond donors (Lipinski definition) is 1. The van der Waals surface area contributed by atoms with Crippen molar-refractivity contribution in [3.8, 4) is 28.4 Å². The second-order valence-electron chi connectivity index (χ2n) is 16.0. The second-order valence-corrected chi connectivity index (χ2v) is 16.0. The van der Waals surface area contributed by atoms with Gasteiger partial charge in [-0.25, -0.2) is 4.79 Å². The van der Waals surface area contributed by atoms with Crippen LogP contribution in [0.25, 0.3) is 39.1 Å². The first-order chi connectivity index (χ1) is 24.0. The van der Waals surface area contributed by atoms with E-state index in [4.69, 9.17) is 18.6 Å². The Morgan fingerprint density at radius 3 is 1.98 bits per heavy atom. The minimum Gasteiger partial charge on any atom is -0.497 e. The highest BCUT2D eigenvalue weighted by Crippen LogP contribution is 2.67. The molecule has 1 spiro atoms. The molecule has 252 valence electrons. The molecule has 0 radical (unpaired) electrons. The van der Waals surface area contributed by atoms with E-state index >= 15 is 0 Å². The maximum atomic E-state index is 12.6. The van der Waals surface area contributed by atoms with Crippen LogP contribution >= 0.6 is 0 Å². The highest BCUT2D eigenvalue weighted by Gasteiger charge is 2.55. The van der Waals surface area contributed by atoms with Crippen LogP contribution in [0.2, 0.25) is 0 Å². The summed E-state index contributed by atoms with van der Waals surface area (Å²) >= 11 is 0. The summed E-state index contributed by atoms with van der Waals surface area (Å²) in [5, 5.41) is 1.95. The molecule has 0 bridgehead atoms. The summed E-state index contributed by atoms with van der Waals surface area (Å²) in [5.41, 5.74) is 8.36. The van der Waals surface area contributed by atoms with E-state index in [9.17, 15) is 4.79 Å². The standard InChI is InChI=1S/C44H41NO5/c1-41(2)23-42(3,4)25-43(24-41)34-10-8-7-9-30(34)37-32-22-36-35(45-40(46)49-36)21-33(32)39-31(38(37)43)19-20-44(50-39,26-11-15-28(47-5)16-12-26)27-13-17-29(48-6)18-14-27/h7-22H,23-25H2,1-6H3,(H,45,46). The maximum absolute atomic E-state index is 12.6. The fraction of sp³-hybridized carbons (Fsp3) is 0.295. The Morgan fingerprint density at radius 2 is 1.36 bits per heavy atom. The van der Waals surface area contributed by atoms with Gasteiger partial charge in [0.15, 0.2) is 11.2 Å². The Labute approximate surface area is 291 Å². The first-order valence-corrected chi connectivity index (χ1v) is 17.4. The number of aromatic amines is 1. The van der Waals surface area contributed by atoms with Gasteiger partial charge in [-0.05, 0) is 100 Å². The SMILES string of the molecule is COc1ccc(C2(c3ccc(OC)cc3)C=Cc3c4c(c5cc6oc(=O)[nH]c6cc5c3O2)-c2ccccc2C42CC(C)(C)CC(C)(C)C2)cc1. The zero-order valence-electron chi connectivity index (χ0n) is 29.4. The van der Waals surface area contributed by atoms with Gasteiger partial charge in [0, 0.05) is 27.5 Å². The van der Waals surface area contributed by atoms with Gasteiger partial charge in [-0.2, -0.15) is 0 Å². The zero-order valence-corrected chi connectivity index (χ0v) is 29.4. The average molecular weight is 664 g/mol. The van der Waals surface area contributed by atoms with Gasteiger partial charge in [-0.1, -0.05) is 82.3 Å². The number of hydrogen-bond acceptors (Lipinski definition) is 5. The number of benzene rings is 5. The van der Waals surface area contributed by atoms with Gasteiger partial charge in [0.1, 0.15) is 17.2 Å². The predicted octanol–water partition coefficient (Wildman–Crippen LogP) is 10.1. The summed E-state index contributed by atoms with van der Waals surface area (Å²) in [6.07, 6.45) is 7.70. The lowest BCUT2D eigenvalue weighted by Gasteiger charge is -2.52. The Kier molecular flexibility index (Phi) is 6.40. The number of aromatic nitrogens is 1. The van der Waals surface area contributed by atoms with Crippen molar-refractivity contribution in [1.82, 2.24) is 4.98 Å². The molecule has 0 unspecified atom stereocenters. The average Bonchev–Trinajstić information content (AvgIpc) is 3.59. The number of ether oxygens (including phenoxy) is 3. The van der Waals surface area contributed by atoms with Crippen molar-refractivity contribution >= 4 is 27.9 Å². The van der Waals surface area contributed by atoms with Crippen LogP contribution in [0.15, 0.2) is 100 Å². The highest BCUT2D eigenvalue weighted by molar-refractivity contribution is 6.12. The molecule has 1 fully saturated rings. The molecule has 1 saturated carbocycles. The van der Waals surface area contributed by atoms with Crippen LogP contribution in [0.1, 0.15) is 74.8 Å². The molecule has 0 amide bonds. The summed E-state index contributed by atoms with van der Waals surface area (Å²) in [4.78, 5) is 15.5. The number of methoxy groups -OCH3 is 2. The fourth-order valence-corrected chi connectivity index (χ4v) is 10.3. The molecule has 1 aliphatic heterocycles. The molecule has 3 aliphatic rings. The quantitative estimate of drug-likeness (QED) is 0.203. The summed E-state index contributed by atoms with van der Waals surface area (Å²) in [6, 6.07) is 29.2. The van der Waals surface area contributed by atoms with Gasteiger partial charge >= 0.3 is 5.76 Å². The lowest BCUT2D eigenvalue weighted by atomic mass is 9.52. The molecule has 6 heteroatoms. The summed E-state index contributed by atoms with van der Waals surface area (Å²) < 4.78 is 24.4. The van der Waals surface area contributed by atoms with Crippen LogP contribution in [-0.2, 0) is 11.0 Å². The normalized spacial score (nSPS) is 18.8. The molecule has 2 heterocycles. The van der Waals surface area contributed by atoms with Crippen molar-refractivity contribution in [3.63, 3.8) is 0 Å². The van der Waals surface area contributed by atoms with Crippen molar-refractivity contribution in [3.05, 3.63) is 129 Å². The Hall–Kier alpha value is -5.23. The van der Waals surface area contributed by atoms with Gasteiger partial charge in [-0.15, -0.1) is 0 Å². The van der Waals surface area contributed by atoms with Gasteiger partial charge in [-0.3, -0.25) is 4.98 Å². The zero-order chi connectivity index (χ0) is 34.6. The van der Waals surface area contributed by atoms with Crippen LogP contribution < -0.4 is 20.0 Å². The molecule has 5 aromatic carbocycles. The number of rotatable bonds is 4. The van der Waals surface area contributed by atoms with E-state index in [0.717, 1.165) is 64.0 Å². The largest absolute Gasteiger partial charge is 0.497 e. The Balaban J connectivity index is 1.40. The van der Waals surface area contributed by atoms with E-state index < -0.39 is 11.4 Å². The van der Waals surface area contributed by atoms with Crippen LogP contribution in [0, 0.1) is 10.8 Å². The maximum Gasteiger partial charge on any atom is 0.417 e. The lowest BCUT2D eigenvalue weighted by molar-refractivity contribution is 0.0642. The molecular formula is C44H41NO5. The third-order valence-electron chi connectivity index (χ3n) is 11.3. The molecule has 50 heavy (non-hydrogen) atoms. The first-order valence-electron chi connectivity index (χ1n) is 17.4. The monoisotopic (exact) mass is 663 g/mol. The molecule has 6 nitrogen and oxygen atoms in total. The summed E-state index contributed by atoms with van der Waals surface area (Å²) in [7, 11) is 3.35. The van der Waals surface area contributed by atoms with Gasteiger partial charge < -0.3 is 18.6 Å². The molecule has 0 atom stereocenters. The fourth-order valence-electron chi connectivity index (χ4n) is 10.3. The van der Waals surface area contributed by atoms with Gasteiger partial charge in [0.25, 0.3) is 0 Å². The van der Waals surface area contributed by atoms with E-state index in [1.807, 2.05) is 36.4 Å². The van der Waals surface area contributed by atoms with E-state index in [1.165, 1.54) is 22.3 Å². The lowest BCUT2D eigenvalue weighted by Crippen LogP contribution is -2.44. The van der Waals surface area contributed by atoms with E-state index in [0.29, 0.717) is 11.1 Å². The Morgan fingerprint density at radius 1 is 0.740 bits per heavy atom. The predicted molar refractivity (Wildman–Crippen MR) is 198 cm³/mol. The molecule has 6 aromatic rings. The smallest absolute Gasteiger partial charge is 0.417 e. The van der Waals surface area contributed by atoms with E-state index in [-0.39, 0.29) is 16.2 Å². The van der Waals surface area contributed by atoms with E-state index in [2.05, 4.69) is 93.4 Å². The molecular weight excluding hydrogens is 622 g/mol. The van der Waals surface area contributed by atoms with Crippen LogP contribution in [-0.4, -0.2) is 19.2 Å². The molecule has 0 saturated heterocycles. The highest BCUT2D eigenvalue weighted by atomic mass is 16.5. The van der Waals surface area contributed by atoms with Crippen molar-refractivity contribution in [1.29, 1.82) is 0 Å². The van der Waals surface area contributed by atoms with E-state index in [1.54, 1.807) is 14.2 Å².